The molecule has 0 heterocycles. The van der Waals surface area contributed by atoms with Crippen LogP contribution in [-0.4, -0.2) is 29.4 Å². The van der Waals surface area contributed by atoms with Crippen LogP contribution in [-0.2, 0) is 11.2 Å². The van der Waals surface area contributed by atoms with Gasteiger partial charge in [0.05, 0.1) is 12.7 Å². The van der Waals surface area contributed by atoms with E-state index in [9.17, 15) is 15.0 Å². The maximum atomic E-state index is 13.5. The summed E-state index contributed by atoms with van der Waals surface area (Å²) in [6.07, 6.45) is 18.0. The summed E-state index contributed by atoms with van der Waals surface area (Å²) in [5.41, 5.74) is 6.62. The number of rotatable bonds is 9. The van der Waals surface area contributed by atoms with Crippen LogP contribution in [0.5, 0.6) is 17.2 Å². The van der Waals surface area contributed by atoms with Gasteiger partial charge in [-0.2, -0.15) is 0 Å². The van der Waals surface area contributed by atoms with Gasteiger partial charge >= 0.3 is 5.97 Å². The first-order chi connectivity index (χ1) is 23.9. The molecule has 0 aliphatic heterocycles. The molecule has 0 radical (unpaired) electrons. The molecule has 5 aliphatic rings. The summed E-state index contributed by atoms with van der Waals surface area (Å²) in [7, 11) is 1.53. The van der Waals surface area contributed by atoms with E-state index in [1.165, 1.54) is 58.5 Å². The number of hydrogen-bond acceptors (Lipinski definition) is 5. The summed E-state index contributed by atoms with van der Waals surface area (Å²) in [5, 5.41) is 21.0. The van der Waals surface area contributed by atoms with Gasteiger partial charge in [0.25, 0.3) is 0 Å². The van der Waals surface area contributed by atoms with Crippen LogP contribution in [0.25, 0.3) is 0 Å². The average molecular weight is 683 g/mol. The van der Waals surface area contributed by atoms with Gasteiger partial charge in [-0.05, 0) is 140 Å². The zero-order valence-electron chi connectivity index (χ0n) is 31.8. The third-order valence-electron chi connectivity index (χ3n) is 15.1. The molecule has 0 saturated heterocycles. The van der Waals surface area contributed by atoms with Gasteiger partial charge in [0.2, 0.25) is 5.75 Å². The highest BCUT2D eigenvalue weighted by molar-refractivity contribution is 5.89. The van der Waals surface area contributed by atoms with Crippen LogP contribution < -0.4 is 4.74 Å². The molecule has 5 nitrogen and oxygen atoms in total. The van der Waals surface area contributed by atoms with Gasteiger partial charge in [0.15, 0.2) is 11.5 Å². The molecule has 0 bridgehead atoms. The number of phenolic OH excluding ortho intramolecular Hbond substituents is 2. The lowest BCUT2D eigenvalue weighted by atomic mass is 9.47. The van der Waals surface area contributed by atoms with Crippen molar-refractivity contribution < 1.29 is 24.5 Å². The van der Waals surface area contributed by atoms with E-state index >= 15 is 0 Å². The van der Waals surface area contributed by atoms with Crippen molar-refractivity contribution in [3.05, 3.63) is 63.7 Å². The van der Waals surface area contributed by atoms with Crippen LogP contribution in [0.4, 0.5) is 0 Å². The molecular formula is C45H62O5. The summed E-state index contributed by atoms with van der Waals surface area (Å²) < 4.78 is 11.7. The minimum atomic E-state index is -0.236. The Morgan fingerprint density at radius 1 is 0.940 bits per heavy atom. The second-order valence-corrected chi connectivity index (χ2v) is 18.0. The fraction of sp³-hybridized carbons (Fsp3) is 0.667. The highest BCUT2D eigenvalue weighted by Crippen LogP contribution is 2.67. The number of aromatic hydroxyl groups is 2. The smallest absolute Gasteiger partial charge is 0.338 e. The molecule has 0 unspecified atom stereocenters. The molecule has 3 saturated carbocycles. The van der Waals surface area contributed by atoms with E-state index < -0.39 is 0 Å². The molecule has 3 fully saturated rings. The first kappa shape index (κ1) is 35.5. The molecule has 5 aliphatic carbocycles. The molecular weight excluding hydrogens is 620 g/mol. The number of esters is 1. The van der Waals surface area contributed by atoms with E-state index in [0.717, 1.165) is 84.3 Å². The Morgan fingerprint density at radius 3 is 2.42 bits per heavy atom. The molecule has 5 heteroatoms. The van der Waals surface area contributed by atoms with Crippen molar-refractivity contribution >= 4 is 5.97 Å². The van der Waals surface area contributed by atoms with Crippen molar-refractivity contribution in [2.45, 2.75) is 137 Å². The van der Waals surface area contributed by atoms with Crippen molar-refractivity contribution in [2.24, 2.45) is 46.3 Å². The molecule has 272 valence electrons. The van der Waals surface area contributed by atoms with Crippen LogP contribution >= 0.6 is 0 Å². The number of methoxy groups -OCH3 is 1. The first-order valence-corrected chi connectivity index (χ1v) is 20.0. The summed E-state index contributed by atoms with van der Waals surface area (Å²) in [6, 6.07) is 7.81. The van der Waals surface area contributed by atoms with E-state index in [1.807, 2.05) is 31.2 Å². The number of carbonyl (C=O) groups excluding carboxylic acids is 1. The molecule has 2 N–H and O–H groups in total. The maximum absolute atomic E-state index is 13.5. The molecule has 0 spiro atoms. The molecule has 9 atom stereocenters. The van der Waals surface area contributed by atoms with Crippen LogP contribution in [0.3, 0.4) is 0 Å². The van der Waals surface area contributed by atoms with E-state index in [2.05, 4.69) is 40.7 Å². The number of allylic oxidation sites excluding steroid dienone is 1. The fourth-order valence-electron chi connectivity index (χ4n) is 12.4. The highest BCUT2D eigenvalue weighted by Gasteiger charge is 2.59. The summed E-state index contributed by atoms with van der Waals surface area (Å²) in [4.78, 5) is 13.5. The second-order valence-electron chi connectivity index (χ2n) is 18.0. The maximum Gasteiger partial charge on any atom is 0.338 e. The Balaban J connectivity index is 0.993. The van der Waals surface area contributed by atoms with Gasteiger partial charge in [-0.25, -0.2) is 4.79 Å². The van der Waals surface area contributed by atoms with Gasteiger partial charge in [-0.3, -0.25) is 0 Å². The van der Waals surface area contributed by atoms with Crippen LogP contribution in [0, 0.1) is 53.3 Å². The van der Waals surface area contributed by atoms with Crippen molar-refractivity contribution in [3.8, 4) is 17.2 Å². The summed E-state index contributed by atoms with van der Waals surface area (Å²) in [5.74, 6) is 4.84. The molecule has 2 aromatic rings. The van der Waals surface area contributed by atoms with Crippen molar-refractivity contribution in [1.29, 1.82) is 0 Å². The van der Waals surface area contributed by atoms with Crippen LogP contribution in [0.2, 0.25) is 0 Å². The van der Waals surface area contributed by atoms with Crippen molar-refractivity contribution in [3.63, 3.8) is 0 Å². The Morgan fingerprint density at radius 2 is 1.70 bits per heavy atom. The van der Waals surface area contributed by atoms with Crippen molar-refractivity contribution in [1.82, 2.24) is 0 Å². The van der Waals surface area contributed by atoms with E-state index in [4.69, 9.17) is 9.47 Å². The Hall–Kier alpha value is -2.95. The van der Waals surface area contributed by atoms with Gasteiger partial charge < -0.3 is 19.7 Å². The van der Waals surface area contributed by atoms with Crippen LogP contribution in [0.1, 0.15) is 150 Å². The molecule has 50 heavy (non-hydrogen) atoms. The predicted octanol–water partition coefficient (Wildman–Crippen LogP) is 11.1. The number of phenols is 2. The third kappa shape index (κ3) is 5.87. The zero-order valence-corrected chi connectivity index (χ0v) is 31.8. The minimum Gasteiger partial charge on any atom is -0.504 e. The van der Waals surface area contributed by atoms with E-state index in [1.54, 1.807) is 5.57 Å². The Kier molecular flexibility index (Phi) is 9.61. The number of fused-ring (bicyclic) bond motifs is 6. The molecule has 2 aromatic carbocycles. The number of benzene rings is 2. The quantitative estimate of drug-likeness (QED) is 0.156. The Bertz CT molecular complexity index is 1620. The van der Waals surface area contributed by atoms with Gasteiger partial charge in [-0.1, -0.05) is 77.7 Å². The molecule has 7 rings (SSSR count). The highest BCUT2D eigenvalue weighted by atomic mass is 16.5. The molecule has 0 aromatic heterocycles. The van der Waals surface area contributed by atoms with E-state index in [-0.39, 0.29) is 34.9 Å². The lowest BCUT2D eigenvalue weighted by Gasteiger charge is -2.58. The lowest BCUT2D eigenvalue weighted by Crippen LogP contribution is -2.51. The largest absolute Gasteiger partial charge is 0.504 e. The zero-order chi connectivity index (χ0) is 35.5. The Labute approximate surface area is 301 Å². The topological polar surface area (TPSA) is 76.0 Å². The monoisotopic (exact) mass is 682 g/mol. The van der Waals surface area contributed by atoms with Gasteiger partial charge in [-0.15, -0.1) is 0 Å². The first-order valence-electron chi connectivity index (χ1n) is 20.0. The standard InChI is InChI=1S/C45H62O5/c1-26(2)9-8-10-27(3)36-19-20-37-34-16-15-31-25-32(21-23-44(31,5)38(34)22-24-45(36,37)6)50-43(48)30-13-11-29(12-14-30)33-17-18-35-39(33)28(4)40(46)41(47)42(35)49-7/h11-15,26-27,32-34,36-38,46-47H,8-10,16-25H2,1-7H3/t27-,32+,33-,34+,36-,37+,38+,44+,45-/m1/s1. The molecule has 0 amide bonds. The lowest BCUT2D eigenvalue weighted by molar-refractivity contribution is -0.0594. The average Bonchev–Trinajstić information content (AvgIpc) is 3.69. The van der Waals surface area contributed by atoms with E-state index in [0.29, 0.717) is 22.3 Å². The van der Waals surface area contributed by atoms with Crippen molar-refractivity contribution in [2.75, 3.05) is 7.11 Å². The third-order valence-corrected chi connectivity index (χ3v) is 15.1. The predicted molar refractivity (Wildman–Crippen MR) is 200 cm³/mol. The summed E-state index contributed by atoms with van der Waals surface area (Å²) in [6.45, 7) is 14.4. The van der Waals surface area contributed by atoms with Crippen LogP contribution in [0.15, 0.2) is 35.9 Å². The number of carbonyl (C=O) groups is 1. The van der Waals surface area contributed by atoms with Gasteiger partial charge in [0, 0.05) is 17.9 Å². The normalized spacial score (nSPS) is 33.6. The summed E-state index contributed by atoms with van der Waals surface area (Å²) >= 11 is 0. The minimum absolute atomic E-state index is 0.0677. The van der Waals surface area contributed by atoms with Gasteiger partial charge in [0.1, 0.15) is 6.10 Å². The fourth-order valence-corrected chi connectivity index (χ4v) is 12.4. The number of hydrogen-bond donors (Lipinski definition) is 2. The SMILES string of the molecule is COc1c(O)c(O)c(C)c2c1CC[C@@H]2c1ccc(C(=O)O[C@H]2CC[C@@]3(C)C(=CC[C@H]4[C@@H]5CC[C@H]([C@H](C)CCCC(C)C)[C@@]5(C)CC[C@@H]43)C2)cc1. The number of ether oxygens (including phenoxy) is 2. The second kappa shape index (κ2) is 13.6.